The number of halogens is 2. The van der Waals surface area contributed by atoms with Crippen molar-refractivity contribution >= 4 is 28.5 Å². The van der Waals surface area contributed by atoms with Crippen molar-refractivity contribution in [3.63, 3.8) is 0 Å². The highest BCUT2D eigenvalue weighted by molar-refractivity contribution is 7.13. The summed E-state index contributed by atoms with van der Waals surface area (Å²) in [5.74, 6) is -0.0485. The van der Waals surface area contributed by atoms with Crippen LogP contribution in [0.25, 0.3) is 21.7 Å². The standard InChI is InChI=1S/C18H18F2N4O3S/c1-25-9-18(19,20)27-13-3-2-12(16-21-4-5-28-16)15-14(13)23-17(26-15)24-7-10-6-11(8-24)22-10/h2-5,10-11,22H,6-9H2,1H3. The molecule has 0 spiro atoms. The molecule has 3 saturated heterocycles. The smallest absolute Gasteiger partial charge is 0.421 e. The molecule has 3 aromatic rings. The SMILES string of the molecule is COCC(F)(F)Oc1ccc(-c2nccs2)c2oc(N3CC4CC(C3)N4)nc12. The highest BCUT2D eigenvalue weighted by Crippen LogP contribution is 2.40. The molecule has 3 aliphatic heterocycles. The van der Waals surface area contributed by atoms with E-state index in [1.54, 1.807) is 12.3 Å². The van der Waals surface area contributed by atoms with Crippen LogP contribution in [0.1, 0.15) is 6.42 Å². The van der Waals surface area contributed by atoms with E-state index in [0.717, 1.165) is 24.5 Å². The minimum absolute atomic E-state index is 0.0485. The lowest BCUT2D eigenvalue weighted by Crippen LogP contribution is -2.67. The van der Waals surface area contributed by atoms with E-state index in [1.807, 2.05) is 10.3 Å². The zero-order valence-electron chi connectivity index (χ0n) is 15.0. The van der Waals surface area contributed by atoms with E-state index < -0.39 is 12.7 Å². The Hall–Kier alpha value is -2.30. The largest absolute Gasteiger partial charge is 0.428 e. The fourth-order valence-corrected chi connectivity index (χ4v) is 4.40. The summed E-state index contributed by atoms with van der Waals surface area (Å²) in [6, 6.07) is 4.38. The van der Waals surface area contributed by atoms with E-state index in [9.17, 15) is 8.78 Å². The van der Waals surface area contributed by atoms with Gasteiger partial charge in [-0.15, -0.1) is 11.3 Å². The fraction of sp³-hybridized carbons (Fsp3) is 0.444. The lowest BCUT2D eigenvalue weighted by molar-refractivity contribution is -0.205. The molecule has 0 aliphatic carbocycles. The average Bonchev–Trinajstić information content (AvgIpc) is 3.31. The number of fused-ring (bicyclic) bond motifs is 3. The Labute approximate surface area is 163 Å². The maximum Gasteiger partial charge on any atom is 0.421 e. The third-order valence-corrected chi connectivity index (χ3v) is 5.73. The Morgan fingerprint density at radius 1 is 1.36 bits per heavy atom. The number of benzene rings is 1. The van der Waals surface area contributed by atoms with Crippen LogP contribution in [-0.4, -0.2) is 55.0 Å². The predicted octanol–water partition coefficient (Wildman–Crippen LogP) is 3.12. The molecule has 3 fully saturated rings. The summed E-state index contributed by atoms with van der Waals surface area (Å²) < 4.78 is 43.5. The number of oxazole rings is 1. The van der Waals surface area contributed by atoms with Gasteiger partial charge >= 0.3 is 6.11 Å². The van der Waals surface area contributed by atoms with E-state index in [-0.39, 0.29) is 11.3 Å². The minimum atomic E-state index is -3.47. The van der Waals surface area contributed by atoms with Crippen LogP contribution in [0.4, 0.5) is 14.8 Å². The predicted molar refractivity (Wildman–Crippen MR) is 100 cm³/mol. The zero-order chi connectivity index (χ0) is 19.3. The molecule has 2 bridgehead atoms. The van der Waals surface area contributed by atoms with Gasteiger partial charge in [0.25, 0.3) is 6.01 Å². The van der Waals surface area contributed by atoms with Crippen LogP contribution in [-0.2, 0) is 4.74 Å². The molecule has 1 N–H and O–H groups in total. The number of methoxy groups -OCH3 is 1. The summed E-state index contributed by atoms with van der Waals surface area (Å²) in [7, 11) is 1.20. The molecule has 2 atom stereocenters. The van der Waals surface area contributed by atoms with Crippen molar-refractivity contribution in [2.45, 2.75) is 24.6 Å². The van der Waals surface area contributed by atoms with Crippen LogP contribution in [0.15, 0.2) is 28.1 Å². The number of thiazole rings is 1. The molecule has 5 heterocycles. The summed E-state index contributed by atoms with van der Waals surface area (Å²) in [5.41, 5.74) is 1.35. The Morgan fingerprint density at radius 3 is 2.82 bits per heavy atom. The number of nitrogens with zero attached hydrogens (tertiary/aromatic N) is 3. The highest BCUT2D eigenvalue weighted by Gasteiger charge is 2.39. The summed E-state index contributed by atoms with van der Waals surface area (Å²) in [6.07, 6.45) is -0.650. The number of anilines is 1. The molecular formula is C18H18F2N4O3S. The van der Waals surface area contributed by atoms with Gasteiger partial charge in [0, 0.05) is 43.9 Å². The van der Waals surface area contributed by atoms with Crippen LogP contribution in [0.3, 0.4) is 0 Å². The van der Waals surface area contributed by atoms with Gasteiger partial charge in [-0.1, -0.05) is 0 Å². The summed E-state index contributed by atoms with van der Waals surface area (Å²) in [5, 5.41) is 6.02. The quantitative estimate of drug-likeness (QED) is 0.672. The van der Waals surface area contributed by atoms with E-state index in [2.05, 4.69) is 20.0 Å². The second-order valence-electron chi connectivity index (χ2n) is 7.00. The Balaban J connectivity index is 1.58. The summed E-state index contributed by atoms with van der Waals surface area (Å²) in [6.45, 7) is 0.687. The lowest BCUT2D eigenvalue weighted by atomic mass is 9.92. The zero-order valence-corrected chi connectivity index (χ0v) is 15.8. The number of nitrogens with one attached hydrogen (secondary N) is 1. The topological polar surface area (TPSA) is 72.7 Å². The van der Waals surface area contributed by atoms with Gasteiger partial charge in [-0.25, -0.2) is 4.98 Å². The normalized spacial score (nSPS) is 21.8. The average molecular weight is 408 g/mol. The van der Waals surface area contributed by atoms with Gasteiger partial charge in [-0.3, -0.25) is 0 Å². The van der Waals surface area contributed by atoms with Crippen molar-refractivity contribution in [2.75, 3.05) is 31.7 Å². The highest BCUT2D eigenvalue weighted by atomic mass is 32.1. The second kappa shape index (κ2) is 6.64. The van der Waals surface area contributed by atoms with Gasteiger partial charge in [0.1, 0.15) is 11.6 Å². The van der Waals surface area contributed by atoms with E-state index in [1.165, 1.54) is 24.5 Å². The third kappa shape index (κ3) is 3.11. The van der Waals surface area contributed by atoms with Crippen LogP contribution < -0.4 is 15.0 Å². The number of piperazine rings is 1. The second-order valence-corrected chi connectivity index (χ2v) is 7.89. The molecule has 6 rings (SSSR count). The first-order valence-corrected chi connectivity index (χ1v) is 9.80. The van der Waals surface area contributed by atoms with E-state index in [0.29, 0.717) is 29.2 Å². The molecule has 28 heavy (non-hydrogen) atoms. The first kappa shape index (κ1) is 17.8. The monoisotopic (exact) mass is 408 g/mol. The molecule has 2 unspecified atom stereocenters. The van der Waals surface area contributed by atoms with Gasteiger partial charge in [0.15, 0.2) is 16.8 Å². The minimum Gasteiger partial charge on any atom is -0.428 e. The molecule has 0 amide bonds. The number of aromatic nitrogens is 2. The van der Waals surface area contributed by atoms with Gasteiger partial charge in [-0.2, -0.15) is 13.8 Å². The molecule has 10 heteroatoms. The number of piperidine rings is 1. The van der Waals surface area contributed by atoms with Crippen LogP contribution in [0.5, 0.6) is 5.75 Å². The van der Waals surface area contributed by atoms with E-state index >= 15 is 0 Å². The first-order valence-electron chi connectivity index (χ1n) is 8.92. The van der Waals surface area contributed by atoms with Crippen molar-refractivity contribution in [1.82, 2.24) is 15.3 Å². The molecule has 0 radical (unpaired) electrons. The van der Waals surface area contributed by atoms with Crippen LogP contribution >= 0.6 is 11.3 Å². The molecule has 148 valence electrons. The van der Waals surface area contributed by atoms with Gasteiger partial charge in [0.2, 0.25) is 0 Å². The molecule has 1 aromatic carbocycles. The molecule has 0 saturated carbocycles. The van der Waals surface area contributed by atoms with Crippen molar-refractivity contribution in [1.29, 1.82) is 0 Å². The number of hydrogen-bond donors (Lipinski definition) is 1. The summed E-state index contributed by atoms with van der Waals surface area (Å²) >= 11 is 1.44. The maximum atomic E-state index is 14.0. The van der Waals surface area contributed by atoms with Crippen molar-refractivity contribution in [2.24, 2.45) is 0 Å². The van der Waals surface area contributed by atoms with Gasteiger partial charge in [0.05, 0.1) is 5.56 Å². The molecular weight excluding hydrogens is 390 g/mol. The number of rotatable bonds is 6. The first-order chi connectivity index (χ1) is 13.5. The van der Waals surface area contributed by atoms with Gasteiger partial charge < -0.3 is 24.1 Å². The maximum absolute atomic E-state index is 14.0. The third-order valence-electron chi connectivity index (χ3n) is 4.92. The van der Waals surface area contributed by atoms with Crippen molar-refractivity contribution in [3.8, 4) is 16.3 Å². The molecule has 2 aromatic heterocycles. The van der Waals surface area contributed by atoms with Crippen molar-refractivity contribution < 1.29 is 22.7 Å². The Morgan fingerprint density at radius 2 is 2.14 bits per heavy atom. The molecule has 7 nitrogen and oxygen atoms in total. The lowest BCUT2D eigenvalue weighted by Gasteiger charge is -2.47. The van der Waals surface area contributed by atoms with E-state index in [4.69, 9.17) is 9.15 Å². The van der Waals surface area contributed by atoms with Crippen LogP contribution in [0.2, 0.25) is 0 Å². The van der Waals surface area contributed by atoms with Crippen LogP contribution in [0, 0.1) is 0 Å². The van der Waals surface area contributed by atoms with Gasteiger partial charge in [-0.05, 0) is 18.6 Å². The fourth-order valence-electron chi connectivity index (χ4n) is 3.74. The number of alkyl halides is 2. The molecule has 3 aliphatic rings. The van der Waals surface area contributed by atoms with Crippen molar-refractivity contribution in [3.05, 3.63) is 23.7 Å². The Bertz CT molecular complexity index is 978. The summed E-state index contributed by atoms with van der Waals surface area (Å²) in [4.78, 5) is 10.9. The Kier molecular flexibility index (Phi) is 4.22. The number of ether oxygens (including phenoxy) is 2. The number of hydrogen-bond acceptors (Lipinski definition) is 8.